The first-order valence-corrected chi connectivity index (χ1v) is 8.36. The van der Waals surface area contributed by atoms with Crippen LogP contribution in [0.15, 0.2) is 66.2 Å². The highest BCUT2D eigenvalue weighted by molar-refractivity contribution is 7.09. The molecule has 0 aliphatic heterocycles. The van der Waals surface area contributed by atoms with Gasteiger partial charge in [-0.3, -0.25) is 5.32 Å². The molecule has 0 aliphatic carbocycles. The lowest BCUT2D eigenvalue weighted by Crippen LogP contribution is -2.25. The van der Waals surface area contributed by atoms with Gasteiger partial charge in [0.15, 0.2) is 0 Å². The Balaban J connectivity index is 1.88. The molecule has 0 bridgehead atoms. The second kappa shape index (κ2) is 7.19. The third kappa shape index (κ3) is 3.65. The minimum atomic E-state index is 0.0388. The largest absolute Gasteiger partial charge is 0.298 e. The Hall–Kier alpha value is -2.48. The standard InChI is InChI=1S/C19H17N3S/c1-14(17-9-5-6-15(12-17)13-20)22-18(19-21-10-11-23-19)16-7-3-2-4-8-16/h2-12,14,18,22H,1H3/t14-,18-/m0/s1. The first-order valence-electron chi connectivity index (χ1n) is 7.48. The van der Waals surface area contributed by atoms with Gasteiger partial charge in [0.2, 0.25) is 0 Å². The monoisotopic (exact) mass is 319 g/mol. The second-order valence-corrected chi connectivity index (χ2v) is 6.27. The van der Waals surface area contributed by atoms with Crippen LogP contribution in [0.2, 0.25) is 0 Å². The third-order valence-corrected chi connectivity index (χ3v) is 4.60. The van der Waals surface area contributed by atoms with Crippen molar-refractivity contribution in [2.75, 3.05) is 0 Å². The van der Waals surface area contributed by atoms with Crippen LogP contribution in [0.5, 0.6) is 0 Å². The number of rotatable bonds is 5. The first kappa shape index (κ1) is 15.4. The summed E-state index contributed by atoms with van der Waals surface area (Å²) in [5, 5.41) is 15.8. The number of thiazole rings is 1. The van der Waals surface area contributed by atoms with Crippen molar-refractivity contribution >= 4 is 11.3 Å². The molecule has 0 aliphatic rings. The molecule has 0 spiro atoms. The molecule has 2 aromatic carbocycles. The van der Waals surface area contributed by atoms with Gasteiger partial charge in [0.1, 0.15) is 5.01 Å². The van der Waals surface area contributed by atoms with Gasteiger partial charge in [0, 0.05) is 17.6 Å². The van der Waals surface area contributed by atoms with Crippen molar-refractivity contribution in [3.8, 4) is 6.07 Å². The maximum absolute atomic E-state index is 9.08. The highest BCUT2D eigenvalue weighted by Crippen LogP contribution is 2.27. The minimum Gasteiger partial charge on any atom is -0.298 e. The van der Waals surface area contributed by atoms with Crippen molar-refractivity contribution in [2.45, 2.75) is 19.0 Å². The molecule has 1 heterocycles. The topological polar surface area (TPSA) is 48.7 Å². The zero-order chi connectivity index (χ0) is 16.1. The average Bonchev–Trinajstić information content (AvgIpc) is 3.14. The lowest BCUT2D eigenvalue weighted by Gasteiger charge is -2.22. The van der Waals surface area contributed by atoms with Crippen LogP contribution in [0, 0.1) is 11.3 Å². The zero-order valence-corrected chi connectivity index (χ0v) is 13.6. The highest BCUT2D eigenvalue weighted by atomic mass is 32.1. The van der Waals surface area contributed by atoms with Gasteiger partial charge in [-0.15, -0.1) is 11.3 Å². The van der Waals surface area contributed by atoms with Gasteiger partial charge in [-0.2, -0.15) is 5.26 Å². The van der Waals surface area contributed by atoms with Crippen LogP contribution >= 0.6 is 11.3 Å². The molecule has 23 heavy (non-hydrogen) atoms. The van der Waals surface area contributed by atoms with Crippen molar-refractivity contribution in [3.63, 3.8) is 0 Å². The fraction of sp³-hybridized carbons (Fsp3) is 0.158. The Morgan fingerprint density at radius 2 is 1.87 bits per heavy atom. The SMILES string of the molecule is C[C@H](N[C@@H](c1ccccc1)c1nccs1)c1cccc(C#N)c1. The van der Waals surface area contributed by atoms with Crippen molar-refractivity contribution in [1.29, 1.82) is 5.26 Å². The molecule has 3 rings (SSSR count). The zero-order valence-electron chi connectivity index (χ0n) is 12.8. The summed E-state index contributed by atoms with van der Waals surface area (Å²) in [6.07, 6.45) is 1.83. The molecule has 3 aromatic rings. The van der Waals surface area contributed by atoms with Crippen LogP contribution in [0.1, 0.15) is 40.7 Å². The van der Waals surface area contributed by atoms with Crippen LogP contribution < -0.4 is 5.32 Å². The quantitative estimate of drug-likeness (QED) is 0.755. The number of nitrogens with one attached hydrogen (secondary N) is 1. The molecule has 0 saturated carbocycles. The summed E-state index contributed by atoms with van der Waals surface area (Å²) in [5.41, 5.74) is 2.97. The highest BCUT2D eigenvalue weighted by Gasteiger charge is 2.19. The second-order valence-electron chi connectivity index (χ2n) is 5.34. The van der Waals surface area contributed by atoms with E-state index in [1.165, 1.54) is 5.56 Å². The fourth-order valence-electron chi connectivity index (χ4n) is 2.56. The maximum Gasteiger partial charge on any atom is 0.114 e. The summed E-state index contributed by atoms with van der Waals surface area (Å²) in [4.78, 5) is 4.48. The lowest BCUT2D eigenvalue weighted by molar-refractivity contribution is 0.515. The van der Waals surface area contributed by atoms with E-state index < -0.39 is 0 Å². The van der Waals surface area contributed by atoms with Gasteiger partial charge in [0.25, 0.3) is 0 Å². The minimum absolute atomic E-state index is 0.0388. The molecule has 2 atom stereocenters. The molecule has 1 N–H and O–H groups in total. The first-order chi connectivity index (χ1) is 11.3. The summed E-state index contributed by atoms with van der Waals surface area (Å²) in [6, 6.07) is 20.4. The van der Waals surface area contributed by atoms with Crippen LogP contribution in [0.3, 0.4) is 0 Å². The van der Waals surface area contributed by atoms with Crippen molar-refractivity contribution in [2.24, 2.45) is 0 Å². The lowest BCUT2D eigenvalue weighted by atomic mass is 10.0. The van der Waals surface area contributed by atoms with Crippen LogP contribution in [0.25, 0.3) is 0 Å². The van der Waals surface area contributed by atoms with Gasteiger partial charge >= 0.3 is 0 Å². The Kier molecular flexibility index (Phi) is 4.82. The third-order valence-electron chi connectivity index (χ3n) is 3.76. The Morgan fingerprint density at radius 3 is 2.57 bits per heavy atom. The number of nitrogens with zero attached hydrogens (tertiary/aromatic N) is 2. The molecule has 3 nitrogen and oxygen atoms in total. The molecule has 1 aromatic heterocycles. The number of hydrogen-bond donors (Lipinski definition) is 1. The molecular formula is C19H17N3S. The summed E-state index contributed by atoms with van der Waals surface area (Å²) in [7, 11) is 0. The number of benzene rings is 2. The van der Waals surface area contributed by atoms with Crippen LogP contribution in [-0.2, 0) is 0 Å². The van der Waals surface area contributed by atoms with Gasteiger partial charge in [0.05, 0.1) is 17.7 Å². The van der Waals surface area contributed by atoms with E-state index in [0.717, 1.165) is 10.6 Å². The molecule has 0 amide bonds. The van der Waals surface area contributed by atoms with E-state index in [-0.39, 0.29) is 12.1 Å². The van der Waals surface area contributed by atoms with E-state index >= 15 is 0 Å². The summed E-state index contributed by atoms with van der Waals surface area (Å²) < 4.78 is 0. The predicted molar refractivity (Wildman–Crippen MR) is 93.1 cm³/mol. The molecule has 0 fully saturated rings. The number of nitriles is 1. The summed E-state index contributed by atoms with van der Waals surface area (Å²) >= 11 is 1.64. The van der Waals surface area contributed by atoms with E-state index in [1.807, 2.05) is 54.0 Å². The molecule has 0 radical (unpaired) electrons. The van der Waals surface area contributed by atoms with Gasteiger partial charge in [-0.05, 0) is 30.2 Å². The van der Waals surface area contributed by atoms with E-state index in [0.29, 0.717) is 5.56 Å². The molecule has 0 saturated heterocycles. The van der Waals surface area contributed by atoms with Crippen molar-refractivity contribution in [3.05, 3.63) is 87.9 Å². The summed E-state index contributed by atoms with van der Waals surface area (Å²) in [6.45, 7) is 2.11. The van der Waals surface area contributed by atoms with E-state index in [9.17, 15) is 0 Å². The van der Waals surface area contributed by atoms with E-state index in [1.54, 1.807) is 11.3 Å². The smallest absolute Gasteiger partial charge is 0.114 e. The van der Waals surface area contributed by atoms with E-state index in [2.05, 4.69) is 35.4 Å². The van der Waals surface area contributed by atoms with Crippen molar-refractivity contribution < 1.29 is 0 Å². The Bertz CT molecular complexity index is 791. The van der Waals surface area contributed by atoms with Crippen LogP contribution in [0.4, 0.5) is 0 Å². The molecule has 0 unspecified atom stereocenters. The van der Waals surface area contributed by atoms with Crippen LogP contribution in [-0.4, -0.2) is 4.98 Å². The average molecular weight is 319 g/mol. The fourth-order valence-corrected chi connectivity index (χ4v) is 3.28. The van der Waals surface area contributed by atoms with E-state index in [4.69, 9.17) is 5.26 Å². The molecular weight excluding hydrogens is 302 g/mol. The normalized spacial score (nSPS) is 13.2. The predicted octanol–water partition coefficient (Wildman–Crippen LogP) is 4.45. The van der Waals surface area contributed by atoms with Gasteiger partial charge in [-0.25, -0.2) is 4.98 Å². The van der Waals surface area contributed by atoms with Gasteiger partial charge < -0.3 is 0 Å². The van der Waals surface area contributed by atoms with Gasteiger partial charge in [-0.1, -0.05) is 42.5 Å². The Morgan fingerprint density at radius 1 is 1.09 bits per heavy atom. The molecule has 114 valence electrons. The Labute approximate surface area is 140 Å². The summed E-state index contributed by atoms with van der Waals surface area (Å²) in [5.74, 6) is 0. The van der Waals surface area contributed by atoms with Crippen molar-refractivity contribution in [1.82, 2.24) is 10.3 Å². The number of hydrogen-bond acceptors (Lipinski definition) is 4. The number of aromatic nitrogens is 1. The molecule has 4 heteroatoms. The maximum atomic E-state index is 9.08.